The van der Waals surface area contributed by atoms with Crippen LogP contribution in [0, 0.1) is 5.95 Å². The molecule has 2 rings (SSSR count). The number of hydrogen-bond donors (Lipinski definition) is 0. The number of rotatable bonds is 2. The SMILES string of the molecule is CC(=O)c1sccc1-c1cccnc1F. The van der Waals surface area contributed by atoms with Crippen LogP contribution in [0.1, 0.15) is 16.6 Å². The summed E-state index contributed by atoms with van der Waals surface area (Å²) in [7, 11) is 0. The molecule has 15 heavy (non-hydrogen) atoms. The fourth-order valence-corrected chi connectivity index (χ4v) is 2.19. The van der Waals surface area contributed by atoms with Crippen LogP contribution in [0.15, 0.2) is 29.8 Å². The Kier molecular flexibility index (Phi) is 2.60. The van der Waals surface area contributed by atoms with Gasteiger partial charge < -0.3 is 0 Å². The van der Waals surface area contributed by atoms with Crippen LogP contribution in [0.3, 0.4) is 0 Å². The van der Waals surface area contributed by atoms with Gasteiger partial charge >= 0.3 is 0 Å². The molecule has 0 amide bonds. The van der Waals surface area contributed by atoms with Crippen LogP contribution in [0.2, 0.25) is 0 Å². The van der Waals surface area contributed by atoms with Gasteiger partial charge in [0.2, 0.25) is 5.95 Å². The zero-order valence-corrected chi connectivity index (χ0v) is 8.84. The molecule has 0 unspecified atom stereocenters. The second-order valence-electron chi connectivity index (χ2n) is 3.06. The van der Waals surface area contributed by atoms with Crippen LogP contribution in [-0.4, -0.2) is 10.8 Å². The highest BCUT2D eigenvalue weighted by Gasteiger charge is 2.14. The van der Waals surface area contributed by atoms with Crippen LogP contribution in [0.25, 0.3) is 11.1 Å². The van der Waals surface area contributed by atoms with Gasteiger partial charge in [0.25, 0.3) is 0 Å². The van der Waals surface area contributed by atoms with Crippen molar-refractivity contribution in [1.29, 1.82) is 0 Å². The van der Waals surface area contributed by atoms with Gasteiger partial charge in [-0.05, 0) is 30.5 Å². The Bertz CT molecular complexity index is 507. The second-order valence-corrected chi connectivity index (χ2v) is 3.98. The van der Waals surface area contributed by atoms with E-state index < -0.39 is 5.95 Å². The fourth-order valence-electron chi connectivity index (χ4n) is 1.38. The van der Waals surface area contributed by atoms with E-state index in [9.17, 15) is 9.18 Å². The van der Waals surface area contributed by atoms with Crippen LogP contribution in [0.4, 0.5) is 4.39 Å². The van der Waals surface area contributed by atoms with Crippen molar-refractivity contribution in [3.63, 3.8) is 0 Å². The molecule has 0 aromatic carbocycles. The molecule has 2 heterocycles. The topological polar surface area (TPSA) is 30.0 Å². The first kappa shape index (κ1) is 9.98. The third-order valence-electron chi connectivity index (χ3n) is 2.03. The van der Waals surface area contributed by atoms with Gasteiger partial charge in [0.05, 0.1) is 4.88 Å². The van der Waals surface area contributed by atoms with E-state index in [2.05, 4.69) is 4.98 Å². The Labute approximate surface area is 90.4 Å². The first-order valence-electron chi connectivity index (χ1n) is 4.39. The number of hydrogen-bond acceptors (Lipinski definition) is 3. The van der Waals surface area contributed by atoms with Gasteiger partial charge in [-0.15, -0.1) is 11.3 Å². The third-order valence-corrected chi connectivity index (χ3v) is 3.05. The van der Waals surface area contributed by atoms with Crippen molar-refractivity contribution >= 4 is 17.1 Å². The number of pyridine rings is 1. The van der Waals surface area contributed by atoms with Crippen LogP contribution in [0.5, 0.6) is 0 Å². The molecule has 4 heteroatoms. The van der Waals surface area contributed by atoms with Gasteiger partial charge in [0, 0.05) is 17.3 Å². The lowest BCUT2D eigenvalue weighted by Gasteiger charge is -2.01. The van der Waals surface area contributed by atoms with Crippen molar-refractivity contribution in [3.8, 4) is 11.1 Å². The Morgan fingerprint density at radius 1 is 1.40 bits per heavy atom. The lowest BCUT2D eigenvalue weighted by Crippen LogP contribution is -1.93. The largest absolute Gasteiger partial charge is 0.294 e. The van der Waals surface area contributed by atoms with Gasteiger partial charge in [-0.1, -0.05) is 0 Å². The van der Waals surface area contributed by atoms with Crippen molar-refractivity contribution in [2.24, 2.45) is 0 Å². The number of nitrogens with zero attached hydrogens (tertiary/aromatic N) is 1. The maximum Gasteiger partial charge on any atom is 0.220 e. The fraction of sp³-hybridized carbons (Fsp3) is 0.0909. The molecule has 0 aliphatic rings. The van der Waals surface area contributed by atoms with Crippen molar-refractivity contribution in [2.45, 2.75) is 6.92 Å². The van der Waals surface area contributed by atoms with Crippen molar-refractivity contribution in [1.82, 2.24) is 4.98 Å². The van der Waals surface area contributed by atoms with Gasteiger partial charge in [0.15, 0.2) is 5.78 Å². The summed E-state index contributed by atoms with van der Waals surface area (Å²) in [6.07, 6.45) is 1.39. The minimum Gasteiger partial charge on any atom is -0.294 e. The Hall–Kier alpha value is -1.55. The van der Waals surface area contributed by atoms with E-state index in [0.29, 0.717) is 16.0 Å². The molecule has 2 aromatic rings. The molecule has 0 saturated carbocycles. The molecule has 2 nitrogen and oxygen atoms in total. The lowest BCUT2D eigenvalue weighted by molar-refractivity contribution is 0.102. The first-order valence-corrected chi connectivity index (χ1v) is 5.27. The number of thiophene rings is 1. The van der Waals surface area contributed by atoms with Gasteiger partial charge in [0.1, 0.15) is 0 Å². The third kappa shape index (κ3) is 1.80. The molecule has 0 aliphatic heterocycles. The number of halogens is 1. The van der Waals surface area contributed by atoms with Crippen molar-refractivity contribution in [3.05, 3.63) is 40.6 Å². The van der Waals surface area contributed by atoms with Crippen LogP contribution >= 0.6 is 11.3 Å². The molecule has 2 aromatic heterocycles. The Balaban J connectivity index is 2.59. The van der Waals surface area contributed by atoms with E-state index in [1.165, 1.54) is 24.5 Å². The summed E-state index contributed by atoms with van der Waals surface area (Å²) in [4.78, 5) is 15.4. The molecule has 76 valence electrons. The Morgan fingerprint density at radius 2 is 2.20 bits per heavy atom. The molecule has 0 radical (unpaired) electrons. The van der Waals surface area contributed by atoms with Crippen molar-refractivity contribution in [2.75, 3.05) is 0 Å². The summed E-state index contributed by atoms with van der Waals surface area (Å²) in [5.74, 6) is -0.596. The second kappa shape index (κ2) is 3.90. The lowest BCUT2D eigenvalue weighted by atomic mass is 10.1. The standard InChI is InChI=1S/C11H8FNOS/c1-7(14)10-8(4-6-15-10)9-3-2-5-13-11(9)12/h2-6H,1H3. The summed E-state index contributed by atoms with van der Waals surface area (Å²) in [5, 5.41) is 1.78. The molecule has 0 aliphatic carbocycles. The average Bonchev–Trinajstić information content (AvgIpc) is 2.67. The normalized spacial score (nSPS) is 10.3. The maximum absolute atomic E-state index is 13.4. The zero-order valence-electron chi connectivity index (χ0n) is 8.03. The molecular formula is C11H8FNOS. The number of carbonyl (C=O) groups is 1. The Morgan fingerprint density at radius 3 is 2.87 bits per heavy atom. The first-order chi connectivity index (χ1) is 7.20. The molecule has 0 fully saturated rings. The molecule has 0 saturated heterocycles. The summed E-state index contributed by atoms with van der Waals surface area (Å²) >= 11 is 1.32. The van der Waals surface area contributed by atoms with Gasteiger partial charge in [-0.2, -0.15) is 4.39 Å². The predicted octanol–water partition coefficient (Wildman–Crippen LogP) is 3.15. The molecule has 0 spiro atoms. The highest BCUT2D eigenvalue weighted by atomic mass is 32.1. The summed E-state index contributed by atoms with van der Waals surface area (Å²) < 4.78 is 13.4. The minimum atomic E-state index is -0.543. The quantitative estimate of drug-likeness (QED) is 0.576. The van der Waals surface area contributed by atoms with Crippen LogP contribution < -0.4 is 0 Å². The predicted molar refractivity (Wildman–Crippen MR) is 57.5 cm³/mol. The zero-order chi connectivity index (χ0) is 10.8. The highest BCUT2D eigenvalue weighted by Crippen LogP contribution is 2.29. The monoisotopic (exact) mass is 221 g/mol. The number of Topliss-reactive ketones (excluding diaryl/α,β-unsaturated/α-hetero) is 1. The average molecular weight is 221 g/mol. The van der Waals surface area contributed by atoms with E-state index in [0.717, 1.165) is 0 Å². The van der Waals surface area contributed by atoms with Crippen molar-refractivity contribution < 1.29 is 9.18 Å². The minimum absolute atomic E-state index is 0.0525. The molecule has 0 atom stereocenters. The number of carbonyl (C=O) groups excluding carboxylic acids is 1. The summed E-state index contributed by atoms with van der Waals surface area (Å²) in [6, 6.07) is 5.01. The van der Waals surface area contributed by atoms with Gasteiger partial charge in [-0.3, -0.25) is 4.79 Å². The summed E-state index contributed by atoms with van der Waals surface area (Å²) in [5.41, 5.74) is 1.00. The van der Waals surface area contributed by atoms with E-state index in [1.807, 2.05) is 0 Å². The number of ketones is 1. The smallest absolute Gasteiger partial charge is 0.220 e. The number of aromatic nitrogens is 1. The molecule has 0 N–H and O–H groups in total. The molecular weight excluding hydrogens is 213 g/mol. The van der Waals surface area contributed by atoms with E-state index >= 15 is 0 Å². The van der Waals surface area contributed by atoms with E-state index in [1.54, 1.807) is 23.6 Å². The molecule has 0 bridgehead atoms. The van der Waals surface area contributed by atoms with Crippen LogP contribution in [-0.2, 0) is 0 Å². The van der Waals surface area contributed by atoms with Gasteiger partial charge in [-0.25, -0.2) is 4.98 Å². The van der Waals surface area contributed by atoms with E-state index in [4.69, 9.17) is 0 Å². The van der Waals surface area contributed by atoms with E-state index in [-0.39, 0.29) is 5.78 Å². The maximum atomic E-state index is 13.4. The summed E-state index contributed by atoms with van der Waals surface area (Å²) in [6.45, 7) is 1.48. The highest BCUT2D eigenvalue weighted by molar-refractivity contribution is 7.12.